The summed E-state index contributed by atoms with van der Waals surface area (Å²) in [6.07, 6.45) is 3.04. The van der Waals surface area contributed by atoms with E-state index in [1.165, 1.54) is 12.1 Å². The molecule has 0 saturated carbocycles. The van der Waals surface area contributed by atoms with Crippen LogP contribution in [0.25, 0.3) is 0 Å². The summed E-state index contributed by atoms with van der Waals surface area (Å²) in [5, 5.41) is 6.08. The molecule has 0 radical (unpaired) electrons. The summed E-state index contributed by atoms with van der Waals surface area (Å²) in [5.41, 5.74) is 0.335. The molecule has 118 valence electrons. The molecule has 1 heterocycles. The van der Waals surface area contributed by atoms with Crippen molar-refractivity contribution in [3.8, 4) is 0 Å². The summed E-state index contributed by atoms with van der Waals surface area (Å²) in [7, 11) is 0. The smallest absolute Gasteiger partial charge is 0.222 e. The lowest BCUT2D eigenvalue weighted by Gasteiger charge is -2.19. The SMILES string of the molecule is CCC(NC(=O)CC1CCCN1)c1ccc(F)cc1F.Cl. The molecule has 6 heteroatoms. The number of benzene rings is 1. The molecule has 2 rings (SSSR count). The third kappa shape index (κ3) is 4.93. The van der Waals surface area contributed by atoms with Crippen LogP contribution in [-0.4, -0.2) is 18.5 Å². The average Bonchev–Trinajstić information content (AvgIpc) is 2.89. The molecule has 3 nitrogen and oxygen atoms in total. The highest BCUT2D eigenvalue weighted by Crippen LogP contribution is 2.21. The van der Waals surface area contributed by atoms with Crippen LogP contribution in [0.1, 0.15) is 44.2 Å². The molecular formula is C15H21ClF2N2O. The van der Waals surface area contributed by atoms with E-state index in [9.17, 15) is 13.6 Å². The first-order chi connectivity index (χ1) is 9.60. The van der Waals surface area contributed by atoms with Gasteiger partial charge in [0.1, 0.15) is 11.6 Å². The Bertz CT molecular complexity index is 479. The van der Waals surface area contributed by atoms with Crippen LogP contribution in [0.2, 0.25) is 0 Å². The van der Waals surface area contributed by atoms with Crippen molar-refractivity contribution in [2.24, 2.45) is 0 Å². The molecule has 1 aromatic rings. The Kier molecular flexibility index (Phi) is 7.05. The van der Waals surface area contributed by atoms with Crippen LogP contribution in [0.3, 0.4) is 0 Å². The van der Waals surface area contributed by atoms with E-state index in [4.69, 9.17) is 0 Å². The van der Waals surface area contributed by atoms with Crippen LogP contribution >= 0.6 is 12.4 Å². The summed E-state index contributed by atoms with van der Waals surface area (Å²) in [6.45, 7) is 2.81. The highest BCUT2D eigenvalue weighted by molar-refractivity contribution is 5.85. The molecule has 2 unspecified atom stereocenters. The van der Waals surface area contributed by atoms with Gasteiger partial charge in [0, 0.05) is 24.1 Å². The predicted molar refractivity (Wildman–Crippen MR) is 80.4 cm³/mol. The Morgan fingerprint density at radius 3 is 2.81 bits per heavy atom. The van der Waals surface area contributed by atoms with E-state index in [0.717, 1.165) is 25.5 Å². The highest BCUT2D eigenvalue weighted by atomic mass is 35.5. The van der Waals surface area contributed by atoms with E-state index in [1.54, 1.807) is 0 Å². The molecule has 0 bridgehead atoms. The molecule has 0 aliphatic carbocycles. The van der Waals surface area contributed by atoms with Gasteiger partial charge in [-0.05, 0) is 31.9 Å². The van der Waals surface area contributed by atoms with Gasteiger partial charge >= 0.3 is 0 Å². The third-order valence-electron chi connectivity index (χ3n) is 3.68. The van der Waals surface area contributed by atoms with E-state index >= 15 is 0 Å². The van der Waals surface area contributed by atoms with Gasteiger partial charge in [0.15, 0.2) is 0 Å². The Morgan fingerprint density at radius 1 is 1.48 bits per heavy atom. The van der Waals surface area contributed by atoms with Crippen LogP contribution in [0.4, 0.5) is 8.78 Å². The molecule has 1 saturated heterocycles. The van der Waals surface area contributed by atoms with Gasteiger partial charge in [-0.1, -0.05) is 13.0 Å². The van der Waals surface area contributed by atoms with Crippen molar-refractivity contribution in [2.45, 2.75) is 44.7 Å². The molecule has 21 heavy (non-hydrogen) atoms. The number of carbonyl (C=O) groups excluding carboxylic acids is 1. The zero-order valence-electron chi connectivity index (χ0n) is 12.0. The molecule has 2 atom stereocenters. The van der Waals surface area contributed by atoms with Crippen molar-refractivity contribution in [1.29, 1.82) is 0 Å². The monoisotopic (exact) mass is 318 g/mol. The van der Waals surface area contributed by atoms with Crippen molar-refractivity contribution >= 4 is 18.3 Å². The summed E-state index contributed by atoms with van der Waals surface area (Å²) in [6, 6.07) is 3.26. The average molecular weight is 319 g/mol. The van der Waals surface area contributed by atoms with Crippen LogP contribution < -0.4 is 10.6 Å². The predicted octanol–water partition coefficient (Wildman–Crippen LogP) is 3.10. The fourth-order valence-electron chi connectivity index (χ4n) is 2.59. The molecule has 0 spiro atoms. The van der Waals surface area contributed by atoms with Crippen molar-refractivity contribution in [3.05, 3.63) is 35.4 Å². The zero-order valence-corrected chi connectivity index (χ0v) is 12.8. The second-order valence-electron chi connectivity index (χ2n) is 5.19. The van der Waals surface area contributed by atoms with Crippen LogP contribution in [0.5, 0.6) is 0 Å². The second-order valence-corrected chi connectivity index (χ2v) is 5.19. The van der Waals surface area contributed by atoms with Gasteiger partial charge in [-0.15, -0.1) is 12.4 Å². The quantitative estimate of drug-likeness (QED) is 0.876. The van der Waals surface area contributed by atoms with E-state index in [2.05, 4.69) is 10.6 Å². The lowest BCUT2D eigenvalue weighted by Crippen LogP contribution is -2.34. The van der Waals surface area contributed by atoms with E-state index in [-0.39, 0.29) is 24.4 Å². The van der Waals surface area contributed by atoms with Crippen molar-refractivity contribution in [1.82, 2.24) is 10.6 Å². The van der Waals surface area contributed by atoms with Crippen LogP contribution in [0, 0.1) is 11.6 Å². The van der Waals surface area contributed by atoms with E-state index in [0.29, 0.717) is 18.4 Å². The summed E-state index contributed by atoms with van der Waals surface area (Å²) < 4.78 is 26.7. The van der Waals surface area contributed by atoms with Gasteiger partial charge in [0.05, 0.1) is 6.04 Å². The number of nitrogens with one attached hydrogen (secondary N) is 2. The van der Waals surface area contributed by atoms with Crippen molar-refractivity contribution < 1.29 is 13.6 Å². The minimum atomic E-state index is -0.615. The van der Waals surface area contributed by atoms with Crippen molar-refractivity contribution in [2.75, 3.05) is 6.54 Å². The van der Waals surface area contributed by atoms with Gasteiger partial charge in [-0.3, -0.25) is 4.79 Å². The normalized spacial score (nSPS) is 18.9. The summed E-state index contributed by atoms with van der Waals surface area (Å²) in [5.74, 6) is -1.32. The van der Waals surface area contributed by atoms with Crippen LogP contribution in [0.15, 0.2) is 18.2 Å². The van der Waals surface area contributed by atoms with Gasteiger partial charge in [0.2, 0.25) is 5.91 Å². The topological polar surface area (TPSA) is 41.1 Å². The maximum absolute atomic E-state index is 13.7. The molecule has 2 N–H and O–H groups in total. The molecule has 0 aromatic heterocycles. The number of amides is 1. The third-order valence-corrected chi connectivity index (χ3v) is 3.68. The minimum absolute atomic E-state index is 0. The Balaban J connectivity index is 0.00000220. The number of hydrogen-bond donors (Lipinski definition) is 2. The van der Waals surface area contributed by atoms with E-state index in [1.807, 2.05) is 6.92 Å². The van der Waals surface area contributed by atoms with Crippen LogP contribution in [-0.2, 0) is 4.79 Å². The van der Waals surface area contributed by atoms with E-state index < -0.39 is 17.7 Å². The number of carbonyl (C=O) groups is 1. The minimum Gasteiger partial charge on any atom is -0.349 e. The number of halogens is 3. The Labute approximate surface area is 129 Å². The lowest BCUT2D eigenvalue weighted by atomic mass is 10.0. The molecule has 1 fully saturated rings. The molecule has 1 aliphatic rings. The van der Waals surface area contributed by atoms with Gasteiger partial charge in [-0.2, -0.15) is 0 Å². The number of rotatable bonds is 5. The Hall–Kier alpha value is -1.20. The largest absolute Gasteiger partial charge is 0.349 e. The zero-order chi connectivity index (χ0) is 14.5. The maximum Gasteiger partial charge on any atom is 0.222 e. The van der Waals surface area contributed by atoms with Gasteiger partial charge in [-0.25, -0.2) is 8.78 Å². The lowest BCUT2D eigenvalue weighted by molar-refractivity contribution is -0.122. The van der Waals surface area contributed by atoms with Crippen molar-refractivity contribution in [3.63, 3.8) is 0 Å². The fourth-order valence-corrected chi connectivity index (χ4v) is 2.59. The Morgan fingerprint density at radius 2 is 2.24 bits per heavy atom. The molecule has 1 aromatic carbocycles. The summed E-state index contributed by atoms with van der Waals surface area (Å²) >= 11 is 0. The number of hydrogen-bond acceptors (Lipinski definition) is 2. The maximum atomic E-state index is 13.7. The van der Waals surface area contributed by atoms with Gasteiger partial charge < -0.3 is 10.6 Å². The fraction of sp³-hybridized carbons (Fsp3) is 0.533. The first kappa shape index (κ1) is 17.9. The summed E-state index contributed by atoms with van der Waals surface area (Å²) in [4.78, 5) is 12.0. The molecular weight excluding hydrogens is 298 g/mol. The highest BCUT2D eigenvalue weighted by Gasteiger charge is 2.21. The standard InChI is InChI=1S/C15H20F2N2O.ClH/c1-2-14(12-6-5-10(16)8-13(12)17)19-15(20)9-11-4-3-7-18-11;/h5-6,8,11,14,18H,2-4,7,9H2,1H3,(H,19,20);1H. The van der Waals surface area contributed by atoms with Gasteiger partial charge in [0.25, 0.3) is 0 Å². The first-order valence-electron chi connectivity index (χ1n) is 7.08. The first-order valence-corrected chi connectivity index (χ1v) is 7.08. The molecule has 1 aliphatic heterocycles. The second kappa shape index (κ2) is 8.29. The molecule has 1 amide bonds.